The fraction of sp³-hybridized carbons (Fsp3) is 0.438. The molecule has 1 aromatic carbocycles. The number of benzene rings is 1. The van der Waals surface area contributed by atoms with Gasteiger partial charge in [-0.05, 0) is 25.1 Å². The molecule has 1 aliphatic rings. The second-order valence-corrected chi connectivity index (χ2v) is 7.25. The number of alkyl halides is 3. The van der Waals surface area contributed by atoms with Crippen molar-refractivity contribution in [2.75, 3.05) is 31.1 Å². The van der Waals surface area contributed by atoms with Gasteiger partial charge in [-0.2, -0.15) is 13.2 Å². The van der Waals surface area contributed by atoms with Crippen molar-refractivity contribution < 1.29 is 13.2 Å². The predicted molar refractivity (Wildman–Crippen MR) is 90.8 cm³/mol. The first-order chi connectivity index (χ1) is 11.3. The van der Waals surface area contributed by atoms with Crippen LogP contribution < -0.4 is 4.90 Å². The zero-order valence-electron chi connectivity index (χ0n) is 13.1. The van der Waals surface area contributed by atoms with Gasteiger partial charge in [0.15, 0.2) is 0 Å². The maximum absolute atomic E-state index is 13.0. The van der Waals surface area contributed by atoms with Gasteiger partial charge in [0.25, 0.3) is 0 Å². The van der Waals surface area contributed by atoms with Crippen molar-refractivity contribution in [2.45, 2.75) is 19.6 Å². The van der Waals surface area contributed by atoms with Crippen molar-refractivity contribution in [1.29, 1.82) is 0 Å². The highest BCUT2D eigenvalue weighted by atomic mass is 35.5. The summed E-state index contributed by atoms with van der Waals surface area (Å²) in [7, 11) is 0. The van der Waals surface area contributed by atoms with Gasteiger partial charge in [-0.3, -0.25) is 4.90 Å². The molecule has 1 aromatic heterocycles. The highest BCUT2D eigenvalue weighted by molar-refractivity contribution is 7.09. The van der Waals surface area contributed by atoms with Crippen LogP contribution in [0.15, 0.2) is 23.6 Å². The second kappa shape index (κ2) is 6.90. The highest BCUT2D eigenvalue weighted by Crippen LogP contribution is 2.37. The molecule has 1 aliphatic heterocycles. The third-order valence-corrected chi connectivity index (χ3v) is 5.20. The molecule has 0 spiro atoms. The molecule has 0 N–H and O–H groups in total. The Balaban J connectivity index is 1.64. The molecule has 0 amide bonds. The van der Waals surface area contributed by atoms with Gasteiger partial charge >= 0.3 is 6.18 Å². The number of piperazine rings is 1. The summed E-state index contributed by atoms with van der Waals surface area (Å²) in [5.41, 5.74) is 0.842. The maximum Gasteiger partial charge on any atom is 0.417 e. The molecule has 1 fully saturated rings. The largest absolute Gasteiger partial charge is 0.417 e. The quantitative estimate of drug-likeness (QED) is 0.790. The molecule has 0 saturated carbocycles. The molecule has 2 aromatic rings. The Hall–Kier alpha value is -1.31. The van der Waals surface area contributed by atoms with Crippen LogP contribution >= 0.6 is 22.9 Å². The lowest BCUT2D eigenvalue weighted by Crippen LogP contribution is -2.46. The number of aryl methyl sites for hydroxylation is 1. The van der Waals surface area contributed by atoms with Gasteiger partial charge in [0.2, 0.25) is 0 Å². The third kappa shape index (κ3) is 4.02. The summed E-state index contributed by atoms with van der Waals surface area (Å²) in [6, 6.07) is 4.11. The fourth-order valence-electron chi connectivity index (χ4n) is 2.80. The number of nitrogens with zero attached hydrogens (tertiary/aromatic N) is 3. The lowest BCUT2D eigenvalue weighted by Gasteiger charge is -2.36. The average Bonchev–Trinajstić information content (AvgIpc) is 2.92. The average molecular weight is 376 g/mol. The van der Waals surface area contributed by atoms with Crippen LogP contribution in [0, 0.1) is 6.92 Å². The fourth-order valence-corrected chi connectivity index (χ4v) is 3.63. The van der Waals surface area contributed by atoms with Crippen molar-refractivity contribution in [3.05, 3.63) is 44.9 Å². The summed E-state index contributed by atoms with van der Waals surface area (Å²) in [5.74, 6) is 0. The van der Waals surface area contributed by atoms with Gasteiger partial charge in [0, 0.05) is 43.8 Å². The van der Waals surface area contributed by atoms with Crippen molar-refractivity contribution in [3.63, 3.8) is 0 Å². The summed E-state index contributed by atoms with van der Waals surface area (Å²) in [4.78, 5) is 8.69. The molecule has 0 aliphatic carbocycles. The van der Waals surface area contributed by atoms with E-state index < -0.39 is 11.7 Å². The summed E-state index contributed by atoms with van der Waals surface area (Å²) < 4.78 is 39.0. The van der Waals surface area contributed by atoms with Gasteiger partial charge < -0.3 is 4.90 Å². The van der Waals surface area contributed by atoms with E-state index in [0.717, 1.165) is 36.4 Å². The Labute approximate surface area is 147 Å². The molecule has 130 valence electrons. The Bertz CT molecular complexity index is 709. The SMILES string of the molecule is Cc1nc(CN2CCN(c3ccc(Cl)c(C(F)(F)F)c3)CC2)cs1. The minimum atomic E-state index is -4.43. The van der Waals surface area contributed by atoms with E-state index in [1.807, 2.05) is 11.8 Å². The number of hydrogen-bond donors (Lipinski definition) is 0. The maximum atomic E-state index is 13.0. The summed E-state index contributed by atoms with van der Waals surface area (Å²) in [6.45, 7) is 5.71. The predicted octanol–water partition coefficient (Wildman–Crippen LogP) is 4.45. The van der Waals surface area contributed by atoms with Crippen molar-refractivity contribution in [3.8, 4) is 0 Å². The van der Waals surface area contributed by atoms with Crippen molar-refractivity contribution in [2.24, 2.45) is 0 Å². The molecular formula is C16H17ClF3N3S. The number of aromatic nitrogens is 1. The molecule has 0 atom stereocenters. The molecule has 0 bridgehead atoms. The van der Waals surface area contributed by atoms with E-state index in [4.69, 9.17) is 11.6 Å². The summed E-state index contributed by atoms with van der Waals surface area (Å²) in [5, 5.41) is 2.84. The van der Waals surface area contributed by atoms with Crippen LogP contribution in [0.5, 0.6) is 0 Å². The molecule has 24 heavy (non-hydrogen) atoms. The number of thiazole rings is 1. The van der Waals surface area contributed by atoms with Gasteiger partial charge in [0.05, 0.1) is 21.3 Å². The Kier molecular flexibility index (Phi) is 5.03. The molecule has 0 radical (unpaired) electrons. The summed E-state index contributed by atoms with van der Waals surface area (Å²) in [6.07, 6.45) is -4.43. The van der Waals surface area contributed by atoms with Crippen LogP contribution in [-0.4, -0.2) is 36.1 Å². The monoisotopic (exact) mass is 375 g/mol. The number of anilines is 1. The van der Waals surface area contributed by atoms with Gasteiger partial charge in [-0.25, -0.2) is 4.98 Å². The second-order valence-electron chi connectivity index (χ2n) is 5.78. The Morgan fingerprint density at radius 3 is 2.50 bits per heavy atom. The third-order valence-electron chi connectivity index (χ3n) is 4.04. The van der Waals surface area contributed by atoms with Crippen molar-refractivity contribution in [1.82, 2.24) is 9.88 Å². The van der Waals surface area contributed by atoms with E-state index in [1.54, 1.807) is 17.4 Å². The molecule has 0 unspecified atom stereocenters. The van der Waals surface area contributed by atoms with Gasteiger partial charge in [-0.1, -0.05) is 11.6 Å². The normalized spacial score (nSPS) is 16.6. The van der Waals surface area contributed by atoms with Gasteiger partial charge in [0.1, 0.15) is 0 Å². The van der Waals surface area contributed by atoms with E-state index in [2.05, 4.69) is 15.3 Å². The van der Waals surface area contributed by atoms with E-state index in [-0.39, 0.29) is 5.02 Å². The first-order valence-corrected chi connectivity index (χ1v) is 8.84. The lowest BCUT2D eigenvalue weighted by molar-refractivity contribution is -0.137. The lowest BCUT2D eigenvalue weighted by atomic mass is 10.1. The Morgan fingerprint density at radius 1 is 1.21 bits per heavy atom. The molecule has 8 heteroatoms. The molecule has 2 heterocycles. The van der Waals surface area contributed by atoms with Crippen LogP contribution in [0.3, 0.4) is 0 Å². The van der Waals surface area contributed by atoms with E-state index >= 15 is 0 Å². The molecule has 3 rings (SSSR count). The standard InChI is InChI=1S/C16H17ClF3N3S/c1-11-21-12(10-24-11)9-22-4-6-23(7-5-22)13-2-3-15(17)14(8-13)16(18,19)20/h2-3,8,10H,4-7,9H2,1H3. The van der Waals surface area contributed by atoms with Crippen LogP contribution in [0.2, 0.25) is 5.02 Å². The minimum absolute atomic E-state index is 0.260. The Morgan fingerprint density at radius 2 is 1.92 bits per heavy atom. The van der Waals surface area contributed by atoms with Gasteiger partial charge in [-0.15, -0.1) is 11.3 Å². The topological polar surface area (TPSA) is 19.4 Å². The van der Waals surface area contributed by atoms with Crippen LogP contribution in [-0.2, 0) is 12.7 Å². The smallest absolute Gasteiger partial charge is 0.369 e. The van der Waals surface area contributed by atoms with Crippen LogP contribution in [0.25, 0.3) is 0 Å². The number of rotatable bonds is 3. The highest BCUT2D eigenvalue weighted by Gasteiger charge is 2.34. The number of hydrogen-bond acceptors (Lipinski definition) is 4. The van der Waals surface area contributed by atoms with Crippen LogP contribution in [0.1, 0.15) is 16.3 Å². The summed E-state index contributed by atoms with van der Waals surface area (Å²) >= 11 is 7.31. The molecular weight excluding hydrogens is 359 g/mol. The minimum Gasteiger partial charge on any atom is -0.369 e. The van der Waals surface area contributed by atoms with E-state index in [0.29, 0.717) is 18.8 Å². The molecule has 3 nitrogen and oxygen atoms in total. The zero-order valence-corrected chi connectivity index (χ0v) is 14.7. The zero-order chi connectivity index (χ0) is 17.3. The van der Waals surface area contributed by atoms with Crippen molar-refractivity contribution >= 4 is 28.6 Å². The first kappa shape index (κ1) is 17.5. The molecule has 1 saturated heterocycles. The van der Waals surface area contributed by atoms with E-state index in [1.165, 1.54) is 6.07 Å². The van der Waals surface area contributed by atoms with Crippen LogP contribution in [0.4, 0.5) is 18.9 Å². The first-order valence-electron chi connectivity index (χ1n) is 7.58. The van der Waals surface area contributed by atoms with E-state index in [9.17, 15) is 13.2 Å². The number of halogens is 4.